The van der Waals surface area contributed by atoms with Crippen molar-refractivity contribution in [2.75, 3.05) is 6.61 Å². The highest BCUT2D eigenvalue weighted by Gasteiger charge is 2.33. The van der Waals surface area contributed by atoms with E-state index in [1.165, 1.54) is 16.7 Å². The molecule has 0 bridgehead atoms. The molecule has 2 nitrogen and oxygen atoms in total. The highest BCUT2D eigenvalue weighted by molar-refractivity contribution is 5.98. The van der Waals surface area contributed by atoms with Crippen molar-refractivity contribution in [1.29, 1.82) is 0 Å². The molecular weight excluding hydrogens is 284 g/mol. The maximum absolute atomic E-state index is 12.1. The minimum Gasteiger partial charge on any atom is -0.493 e. The largest absolute Gasteiger partial charge is 0.493 e. The van der Waals surface area contributed by atoms with Crippen molar-refractivity contribution in [3.63, 3.8) is 0 Å². The number of Topliss-reactive ketones (excluding diaryl/α,β-unsaturated/α-hetero) is 1. The first-order chi connectivity index (χ1) is 10.6. The van der Waals surface area contributed by atoms with E-state index in [0.29, 0.717) is 12.2 Å². The number of allylic oxidation sites excluding steroid dienone is 2. The molecule has 23 heavy (non-hydrogen) atoms. The van der Waals surface area contributed by atoms with Crippen molar-refractivity contribution < 1.29 is 9.53 Å². The van der Waals surface area contributed by atoms with E-state index in [-0.39, 0.29) is 16.6 Å². The number of carbonyl (C=O) groups is 1. The Labute approximate surface area is 140 Å². The predicted octanol–water partition coefficient (Wildman–Crippen LogP) is 5.79. The first-order valence-corrected chi connectivity index (χ1v) is 8.61. The molecule has 0 radical (unpaired) electrons. The molecule has 1 aliphatic rings. The van der Waals surface area contributed by atoms with Crippen LogP contribution in [0.4, 0.5) is 0 Å². The van der Waals surface area contributed by atoms with Gasteiger partial charge in [-0.1, -0.05) is 47.6 Å². The summed E-state index contributed by atoms with van der Waals surface area (Å²) < 4.78 is 5.89. The third kappa shape index (κ3) is 3.52. The SMILES string of the molecule is CCCOc1cc2c(cc1C(C)=O)C(C(C)(C)C)=CCC2(C)C. The normalized spacial score (nSPS) is 16.6. The zero-order valence-electron chi connectivity index (χ0n) is 15.7. The van der Waals surface area contributed by atoms with Gasteiger partial charge >= 0.3 is 0 Å². The van der Waals surface area contributed by atoms with E-state index in [9.17, 15) is 4.79 Å². The van der Waals surface area contributed by atoms with Crippen LogP contribution in [0.25, 0.3) is 5.57 Å². The maximum Gasteiger partial charge on any atom is 0.163 e. The summed E-state index contributed by atoms with van der Waals surface area (Å²) in [5, 5.41) is 0. The molecule has 0 heterocycles. The van der Waals surface area contributed by atoms with Gasteiger partial charge in [0.25, 0.3) is 0 Å². The molecule has 1 aromatic rings. The molecule has 126 valence electrons. The van der Waals surface area contributed by atoms with Gasteiger partial charge in [-0.05, 0) is 59.4 Å². The van der Waals surface area contributed by atoms with Gasteiger partial charge in [0, 0.05) is 0 Å². The summed E-state index contributed by atoms with van der Waals surface area (Å²) in [5.41, 5.74) is 4.65. The van der Waals surface area contributed by atoms with Crippen LogP contribution in [0.3, 0.4) is 0 Å². The van der Waals surface area contributed by atoms with E-state index in [0.717, 1.165) is 18.6 Å². The molecule has 0 saturated heterocycles. The van der Waals surface area contributed by atoms with Crippen molar-refractivity contribution in [1.82, 2.24) is 0 Å². The van der Waals surface area contributed by atoms with Gasteiger partial charge in [-0.2, -0.15) is 0 Å². The van der Waals surface area contributed by atoms with Crippen LogP contribution in [0.15, 0.2) is 18.2 Å². The fraction of sp³-hybridized carbons (Fsp3) is 0.571. The van der Waals surface area contributed by atoms with Crippen LogP contribution in [0.2, 0.25) is 0 Å². The van der Waals surface area contributed by atoms with Gasteiger partial charge in [-0.3, -0.25) is 4.79 Å². The Kier molecular flexibility index (Phi) is 4.75. The molecule has 1 aliphatic carbocycles. The Bertz CT molecular complexity index is 643. The standard InChI is InChI=1S/C21H30O2/c1-8-11-23-19-13-18-16(12-15(19)14(2)22)17(20(3,4)5)9-10-21(18,6)7/h9,12-13H,8,10-11H2,1-7H3. The lowest BCUT2D eigenvalue weighted by molar-refractivity contribution is 0.101. The van der Waals surface area contributed by atoms with Crippen molar-refractivity contribution >= 4 is 11.4 Å². The maximum atomic E-state index is 12.1. The monoisotopic (exact) mass is 314 g/mol. The van der Waals surface area contributed by atoms with E-state index in [1.807, 2.05) is 0 Å². The summed E-state index contributed by atoms with van der Waals surface area (Å²) in [4.78, 5) is 12.1. The zero-order chi connectivity index (χ0) is 17.4. The Hall–Kier alpha value is -1.57. The molecule has 0 aliphatic heterocycles. The molecule has 0 N–H and O–H groups in total. The van der Waals surface area contributed by atoms with Crippen LogP contribution >= 0.6 is 0 Å². The number of benzene rings is 1. The lowest BCUT2D eigenvalue weighted by atomic mass is 9.68. The number of ketones is 1. The lowest BCUT2D eigenvalue weighted by Crippen LogP contribution is -2.25. The molecule has 2 rings (SSSR count). The molecule has 0 aromatic heterocycles. The number of carbonyl (C=O) groups excluding carboxylic acids is 1. The van der Waals surface area contributed by atoms with E-state index in [2.05, 4.69) is 59.8 Å². The zero-order valence-corrected chi connectivity index (χ0v) is 15.7. The minimum absolute atomic E-state index is 0.0593. The summed E-state index contributed by atoms with van der Waals surface area (Å²) in [5.74, 6) is 0.803. The Morgan fingerprint density at radius 1 is 1.26 bits per heavy atom. The summed E-state index contributed by atoms with van der Waals surface area (Å²) in [6, 6.07) is 4.17. The van der Waals surface area contributed by atoms with E-state index in [4.69, 9.17) is 4.74 Å². The summed E-state index contributed by atoms with van der Waals surface area (Å²) in [6.45, 7) is 15.6. The Balaban J connectivity index is 2.68. The van der Waals surface area contributed by atoms with Gasteiger partial charge < -0.3 is 4.74 Å². The number of rotatable bonds is 4. The third-order valence-corrected chi connectivity index (χ3v) is 4.60. The quantitative estimate of drug-likeness (QED) is 0.658. The minimum atomic E-state index is 0.0593. The van der Waals surface area contributed by atoms with Crippen molar-refractivity contribution in [3.05, 3.63) is 34.9 Å². The second-order valence-electron chi connectivity index (χ2n) is 8.25. The predicted molar refractivity (Wildman–Crippen MR) is 97.3 cm³/mol. The van der Waals surface area contributed by atoms with Gasteiger partial charge in [-0.15, -0.1) is 0 Å². The van der Waals surface area contributed by atoms with Crippen molar-refractivity contribution in [2.24, 2.45) is 5.41 Å². The Morgan fingerprint density at radius 2 is 1.91 bits per heavy atom. The highest BCUT2D eigenvalue weighted by atomic mass is 16.5. The summed E-state index contributed by atoms with van der Waals surface area (Å²) in [6.07, 6.45) is 4.29. The Morgan fingerprint density at radius 3 is 2.43 bits per heavy atom. The van der Waals surface area contributed by atoms with Crippen LogP contribution in [-0.4, -0.2) is 12.4 Å². The van der Waals surface area contributed by atoms with Crippen LogP contribution in [0, 0.1) is 5.41 Å². The molecule has 0 saturated carbocycles. The van der Waals surface area contributed by atoms with E-state index < -0.39 is 0 Å². The number of fused-ring (bicyclic) bond motifs is 1. The molecule has 1 aromatic carbocycles. The van der Waals surface area contributed by atoms with Crippen LogP contribution in [-0.2, 0) is 5.41 Å². The van der Waals surface area contributed by atoms with Crippen LogP contribution in [0.5, 0.6) is 5.75 Å². The highest BCUT2D eigenvalue weighted by Crippen LogP contribution is 2.47. The van der Waals surface area contributed by atoms with E-state index >= 15 is 0 Å². The van der Waals surface area contributed by atoms with Gasteiger partial charge in [0.05, 0.1) is 12.2 Å². The molecule has 0 amide bonds. The van der Waals surface area contributed by atoms with Crippen LogP contribution < -0.4 is 4.74 Å². The molecule has 0 fully saturated rings. The topological polar surface area (TPSA) is 26.3 Å². The third-order valence-electron chi connectivity index (χ3n) is 4.60. The molecular formula is C21H30O2. The average Bonchev–Trinajstić information content (AvgIpc) is 2.42. The fourth-order valence-corrected chi connectivity index (χ4v) is 3.26. The van der Waals surface area contributed by atoms with E-state index in [1.54, 1.807) is 6.92 Å². The van der Waals surface area contributed by atoms with Crippen LogP contribution in [0.1, 0.15) is 82.8 Å². The molecule has 0 unspecified atom stereocenters. The van der Waals surface area contributed by atoms with Crippen molar-refractivity contribution in [2.45, 2.75) is 66.7 Å². The smallest absolute Gasteiger partial charge is 0.163 e. The molecule has 0 spiro atoms. The first-order valence-electron chi connectivity index (χ1n) is 8.61. The van der Waals surface area contributed by atoms with Gasteiger partial charge in [0.2, 0.25) is 0 Å². The fourth-order valence-electron chi connectivity index (χ4n) is 3.26. The number of hydrogen-bond donors (Lipinski definition) is 0. The van der Waals surface area contributed by atoms with Crippen molar-refractivity contribution in [3.8, 4) is 5.75 Å². The number of ether oxygens (including phenoxy) is 1. The molecule has 0 atom stereocenters. The summed E-state index contributed by atoms with van der Waals surface area (Å²) in [7, 11) is 0. The average molecular weight is 314 g/mol. The number of hydrogen-bond acceptors (Lipinski definition) is 2. The molecule has 2 heteroatoms. The van der Waals surface area contributed by atoms with Gasteiger partial charge in [0.1, 0.15) is 5.75 Å². The summed E-state index contributed by atoms with van der Waals surface area (Å²) >= 11 is 0. The van der Waals surface area contributed by atoms with Gasteiger partial charge in [-0.25, -0.2) is 0 Å². The second-order valence-corrected chi connectivity index (χ2v) is 8.25. The first kappa shape index (κ1) is 17.8. The second kappa shape index (κ2) is 6.14. The lowest BCUT2D eigenvalue weighted by Gasteiger charge is -2.37. The van der Waals surface area contributed by atoms with Gasteiger partial charge in [0.15, 0.2) is 5.78 Å².